The van der Waals surface area contributed by atoms with Crippen LogP contribution >= 0.6 is 0 Å². The molecule has 1 amide bonds. The lowest BCUT2D eigenvalue weighted by atomic mass is 9.99. The number of amides is 1. The van der Waals surface area contributed by atoms with Gasteiger partial charge in [-0.1, -0.05) is 19.1 Å². The number of hydrogen-bond donors (Lipinski definition) is 1. The first-order valence-corrected chi connectivity index (χ1v) is 7.19. The van der Waals surface area contributed by atoms with Crippen LogP contribution in [0.25, 0.3) is 0 Å². The second-order valence-corrected chi connectivity index (χ2v) is 5.73. The third-order valence-corrected chi connectivity index (χ3v) is 3.82. The maximum absolute atomic E-state index is 13.2. The van der Waals surface area contributed by atoms with Gasteiger partial charge >= 0.3 is 5.97 Å². The third-order valence-electron chi connectivity index (χ3n) is 3.82. The molecule has 1 aliphatic rings. The van der Waals surface area contributed by atoms with E-state index in [-0.39, 0.29) is 23.7 Å². The quantitative estimate of drug-likeness (QED) is 0.876. The second-order valence-electron chi connectivity index (χ2n) is 5.73. The SMILES string of the molecule is CC(Cc1cccc(F)c1)C(=O)N(C1CC1)C(C)C(=O)O. The van der Waals surface area contributed by atoms with E-state index in [1.54, 1.807) is 19.1 Å². The van der Waals surface area contributed by atoms with Crippen molar-refractivity contribution in [3.63, 3.8) is 0 Å². The minimum atomic E-state index is -0.992. The molecule has 0 heterocycles. The first-order valence-electron chi connectivity index (χ1n) is 7.19. The highest BCUT2D eigenvalue weighted by molar-refractivity contribution is 5.85. The molecule has 0 radical (unpaired) electrons. The molecule has 4 nitrogen and oxygen atoms in total. The van der Waals surface area contributed by atoms with E-state index in [0.29, 0.717) is 6.42 Å². The van der Waals surface area contributed by atoms with Gasteiger partial charge in [0.25, 0.3) is 0 Å². The lowest BCUT2D eigenvalue weighted by Gasteiger charge is -2.29. The molecule has 0 saturated heterocycles. The molecule has 2 rings (SSSR count). The molecule has 2 atom stereocenters. The van der Waals surface area contributed by atoms with Gasteiger partial charge in [-0.15, -0.1) is 0 Å². The topological polar surface area (TPSA) is 57.6 Å². The van der Waals surface area contributed by atoms with Crippen molar-refractivity contribution in [2.75, 3.05) is 0 Å². The van der Waals surface area contributed by atoms with E-state index in [9.17, 15) is 14.0 Å². The fraction of sp³-hybridized carbons (Fsp3) is 0.500. The number of carbonyl (C=O) groups excluding carboxylic acids is 1. The van der Waals surface area contributed by atoms with Crippen LogP contribution < -0.4 is 0 Å². The molecule has 0 spiro atoms. The number of carboxylic acid groups (broad SMARTS) is 1. The van der Waals surface area contributed by atoms with E-state index in [1.165, 1.54) is 24.0 Å². The standard InChI is InChI=1S/C16H20FNO3/c1-10(8-12-4-3-5-13(17)9-12)15(19)18(14-6-7-14)11(2)16(20)21/h3-5,9-11,14H,6-8H2,1-2H3,(H,20,21). The van der Waals surface area contributed by atoms with Gasteiger partial charge in [0.05, 0.1) is 0 Å². The van der Waals surface area contributed by atoms with Crippen LogP contribution in [0.4, 0.5) is 4.39 Å². The molecule has 0 aliphatic heterocycles. The van der Waals surface area contributed by atoms with Gasteiger partial charge in [0.1, 0.15) is 11.9 Å². The van der Waals surface area contributed by atoms with E-state index in [1.807, 2.05) is 0 Å². The van der Waals surface area contributed by atoms with E-state index in [4.69, 9.17) is 5.11 Å². The summed E-state index contributed by atoms with van der Waals surface area (Å²) in [6, 6.07) is 5.37. The first kappa shape index (κ1) is 15.5. The summed E-state index contributed by atoms with van der Waals surface area (Å²) in [6.07, 6.45) is 2.12. The number of halogens is 1. The van der Waals surface area contributed by atoms with E-state index in [0.717, 1.165) is 18.4 Å². The van der Waals surface area contributed by atoms with Crippen molar-refractivity contribution < 1.29 is 19.1 Å². The highest BCUT2D eigenvalue weighted by Crippen LogP contribution is 2.30. The molecular weight excluding hydrogens is 273 g/mol. The summed E-state index contributed by atoms with van der Waals surface area (Å²) in [5.74, 6) is -1.86. The van der Waals surface area contributed by atoms with Gasteiger partial charge in [0, 0.05) is 12.0 Å². The molecule has 114 valence electrons. The van der Waals surface area contributed by atoms with Gasteiger partial charge < -0.3 is 10.0 Å². The Morgan fingerprint density at radius 2 is 2.05 bits per heavy atom. The van der Waals surface area contributed by atoms with Crippen molar-refractivity contribution in [1.82, 2.24) is 4.90 Å². The zero-order valence-corrected chi connectivity index (χ0v) is 12.3. The number of hydrogen-bond acceptors (Lipinski definition) is 2. The molecule has 0 aromatic heterocycles. The molecule has 1 saturated carbocycles. The maximum Gasteiger partial charge on any atom is 0.326 e. The van der Waals surface area contributed by atoms with Gasteiger partial charge in [-0.3, -0.25) is 4.79 Å². The number of nitrogens with zero attached hydrogens (tertiary/aromatic N) is 1. The summed E-state index contributed by atoms with van der Waals surface area (Å²) >= 11 is 0. The summed E-state index contributed by atoms with van der Waals surface area (Å²) in [6.45, 7) is 3.30. The number of rotatable bonds is 6. The van der Waals surface area contributed by atoms with Crippen molar-refractivity contribution in [3.8, 4) is 0 Å². The molecule has 1 fully saturated rings. The average Bonchev–Trinajstić information content (AvgIpc) is 3.23. The van der Waals surface area contributed by atoms with Crippen LogP contribution in [-0.2, 0) is 16.0 Å². The monoisotopic (exact) mass is 293 g/mol. The Bertz CT molecular complexity index is 542. The predicted octanol–water partition coefficient (Wildman–Crippen LogP) is 2.47. The van der Waals surface area contributed by atoms with Crippen LogP contribution in [0, 0.1) is 11.7 Å². The molecular formula is C16H20FNO3. The first-order chi connectivity index (χ1) is 9.90. The van der Waals surface area contributed by atoms with Crippen LogP contribution in [0.3, 0.4) is 0 Å². The number of carboxylic acids is 1. The Labute approximate surface area is 123 Å². The van der Waals surface area contributed by atoms with Crippen molar-refractivity contribution in [2.24, 2.45) is 5.92 Å². The van der Waals surface area contributed by atoms with Gasteiger partial charge in [-0.05, 0) is 43.9 Å². The van der Waals surface area contributed by atoms with E-state index in [2.05, 4.69) is 0 Å². The van der Waals surface area contributed by atoms with Crippen molar-refractivity contribution in [1.29, 1.82) is 0 Å². The molecule has 1 aromatic rings. The normalized spacial score (nSPS) is 17.1. The smallest absolute Gasteiger partial charge is 0.326 e. The Morgan fingerprint density at radius 3 is 2.57 bits per heavy atom. The number of aliphatic carboxylic acids is 1. The maximum atomic E-state index is 13.2. The second kappa shape index (κ2) is 6.24. The lowest BCUT2D eigenvalue weighted by Crippen LogP contribution is -2.47. The molecule has 21 heavy (non-hydrogen) atoms. The van der Waals surface area contributed by atoms with Gasteiger partial charge in [0.2, 0.25) is 5.91 Å². The van der Waals surface area contributed by atoms with Crippen molar-refractivity contribution >= 4 is 11.9 Å². The fourth-order valence-corrected chi connectivity index (χ4v) is 2.52. The average molecular weight is 293 g/mol. The Kier molecular flexibility index (Phi) is 4.60. The van der Waals surface area contributed by atoms with E-state index >= 15 is 0 Å². The fourth-order valence-electron chi connectivity index (χ4n) is 2.52. The molecule has 1 N–H and O–H groups in total. The van der Waals surface area contributed by atoms with E-state index < -0.39 is 12.0 Å². The molecule has 1 aromatic carbocycles. The molecule has 5 heteroatoms. The lowest BCUT2D eigenvalue weighted by molar-refractivity contribution is -0.151. The Hall–Kier alpha value is -1.91. The minimum Gasteiger partial charge on any atom is -0.480 e. The molecule has 2 unspecified atom stereocenters. The van der Waals surface area contributed by atoms with Crippen LogP contribution in [0.1, 0.15) is 32.3 Å². The van der Waals surface area contributed by atoms with Crippen LogP contribution in [-0.4, -0.2) is 34.0 Å². The highest BCUT2D eigenvalue weighted by Gasteiger charge is 2.39. The summed E-state index contributed by atoms with van der Waals surface area (Å²) in [5, 5.41) is 9.14. The summed E-state index contributed by atoms with van der Waals surface area (Å²) in [7, 11) is 0. The Morgan fingerprint density at radius 1 is 1.38 bits per heavy atom. The van der Waals surface area contributed by atoms with Crippen LogP contribution in [0.5, 0.6) is 0 Å². The van der Waals surface area contributed by atoms with Gasteiger partial charge in [0.15, 0.2) is 0 Å². The summed E-state index contributed by atoms with van der Waals surface area (Å²) in [4.78, 5) is 25.2. The zero-order chi connectivity index (χ0) is 15.6. The number of benzene rings is 1. The molecule has 0 bridgehead atoms. The van der Waals surface area contributed by atoms with Crippen molar-refractivity contribution in [3.05, 3.63) is 35.6 Å². The largest absolute Gasteiger partial charge is 0.480 e. The zero-order valence-electron chi connectivity index (χ0n) is 12.3. The van der Waals surface area contributed by atoms with Gasteiger partial charge in [-0.25, -0.2) is 9.18 Å². The third kappa shape index (κ3) is 3.80. The van der Waals surface area contributed by atoms with Gasteiger partial charge in [-0.2, -0.15) is 0 Å². The number of carbonyl (C=O) groups is 2. The summed E-state index contributed by atoms with van der Waals surface area (Å²) < 4.78 is 13.2. The highest BCUT2D eigenvalue weighted by atomic mass is 19.1. The Balaban J connectivity index is 2.07. The summed E-state index contributed by atoms with van der Waals surface area (Å²) in [5.41, 5.74) is 0.745. The molecule has 1 aliphatic carbocycles. The van der Waals surface area contributed by atoms with Crippen LogP contribution in [0.2, 0.25) is 0 Å². The van der Waals surface area contributed by atoms with Crippen molar-refractivity contribution in [2.45, 2.75) is 45.2 Å². The predicted molar refractivity (Wildman–Crippen MR) is 76.2 cm³/mol. The van der Waals surface area contributed by atoms with Crippen LogP contribution in [0.15, 0.2) is 24.3 Å². The minimum absolute atomic E-state index is 0.0403.